The highest BCUT2D eigenvalue weighted by molar-refractivity contribution is 5.27. The molecule has 0 N–H and O–H groups in total. The number of rotatable bonds is 1. The predicted molar refractivity (Wildman–Crippen MR) is 50.7 cm³/mol. The predicted octanol–water partition coefficient (Wildman–Crippen LogP) is 2.08. The van der Waals surface area contributed by atoms with Crippen LogP contribution in [0.2, 0.25) is 0 Å². The molecule has 0 amide bonds. The minimum Gasteiger partial charge on any atom is -0.376 e. The van der Waals surface area contributed by atoms with Gasteiger partial charge in [-0.3, -0.25) is 0 Å². The van der Waals surface area contributed by atoms with Crippen LogP contribution in [0.5, 0.6) is 0 Å². The molecule has 1 atom stereocenters. The fourth-order valence-corrected chi connectivity index (χ4v) is 1.62. The number of ether oxygens (including phenoxy) is 2. The first-order chi connectivity index (χ1) is 6.38. The van der Waals surface area contributed by atoms with Crippen molar-refractivity contribution < 1.29 is 9.47 Å². The van der Waals surface area contributed by atoms with Crippen molar-refractivity contribution in [3.8, 4) is 0 Å². The van der Waals surface area contributed by atoms with Gasteiger partial charge in [0, 0.05) is 0 Å². The molecule has 1 aliphatic rings. The van der Waals surface area contributed by atoms with Gasteiger partial charge in [-0.15, -0.1) is 0 Å². The molecule has 1 aromatic rings. The molecule has 1 unspecified atom stereocenters. The largest absolute Gasteiger partial charge is 0.376 e. The SMILES string of the molecule is Cc1ccccc1C1COCCO1. The molecule has 0 radical (unpaired) electrons. The van der Waals surface area contributed by atoms with Crippen molar-refractivity contribution in [1.82, 2.24) is 0 Å². The topological polar surface area (TPSA) is 18.5 Å². The highest BCUT2D eigenvalue weighted by Gasteiger charge is 2.17. The van der Waals surface area contributed by atoms with Gasteiger partial charge in [0.15, 0.2) is 0 Å². The Kier molecular flexibility index (Phi) is 2.62. The summed E-state index contributed by atoms with van der Waals surface area (Å²) in [5.74, 6) is 0. The van der Waals surface area contributed by atoms with Gasteiger partial charge in [0.25, 0.3) is 0 Å². The van der Waals surface area contributed by atoms with Crippen LogP contribution in [0.1, 0.15) is 17.2 Å². The summed E-state index contributed by atoms with van der Waals surface area (Å²) in [5.41, 5.74) is 2.53. The van der Waals surface area contributed by atoms with Gasteiger partial charge in [-0.25, -0.2) is 0 Å². The van der Waals surface area contributed by atoms with E-state index in [0.717, 1.165) is 6.61 Å². The van der Waals surface area contributed by atoms with E-state index in [4.69, 9.17) is 9.47 Å². The van der Waals surface area contributed by atoms with Crippen molar-refractivity contribution >= 4 is 0 Å². The molecule has 0 aromatic heterocycles. The summed E-state index contributed by atoms with van der Waals surface area (Å²) in [6, 6.07) is 8.30. The number of hydrogen-bond donors (Lipinski definition) is 0. The molecule has 2 rings (SSSR count). The van der Waals surface area contributed by atoms with E-state index < -0.39 is 0 Å². The second-order valence-corrected chi connectivity index (χ2v) is 3.29. The van der Waals surface area contributed by atoms with Crippen LogP contribution in [0, 0.1) is 6.92 Å². The highest BCUT2D eigenvalue weighted by atomic mass is 16.6. The Morgan fingerprint density at radius 1 is 1.23 bits per heavy atom. The lowest BCUT2D eigenvalue weighted by Crippen LogP contribution is -2.22. The molecule has 0 aliphatic carbocycles. The molecule has 1 aromatic carbocycles. The molecule has 1 fully saturated rings. The van der Waals surface area contributed by atoms with E-state index in [0.29, 0.717) is 13.2 Å². The zero-order valence-corrected chi connectivity index (χ0v) is 7.82. The molecule has 0 bridgehead atoms. The zero-order chi connectivity index (χ0) is 9.10. The summed E-state index contributed by atoms with van der Waals surface area (Å²) < 4.78 is 11.0. The Hall–Kier alpha value is -0.860. The molecule has 2 nitrogen and oxygen atoms in total. The summed E-state index contributed by atoms with van der Waals surface area (Å²) in [4.78, 5) is 0. The van der Waals surface area contributed by atoms with E-state index in [1.807, 2.05) is 12.1 Å². The smallest absolute Gasteiger partial charge is 0.106 e. The van der Waals surface area contributed by atoms with Gasteiger partial charge < -0.3 is 9.47 Å². The van der Waals surface area contributed by atoms with Gasteiger partial charge in [0.05, 0.1) is 19.8 Å². The van der Waals surface area contributed by atoms with E-state index >= 15 is 0 Å². The van der Waals surface area contributed by atoms with Crippen molar-refractivity contribution in [2.24, 2.45) is 0 Å². The standard InChI is InChI=1S/C11H14O2/c1-9-4-2-3-5-10(9)11-8-12-6-7-13-11/h2-5,11H,6-8H2,1H3. The third-order valence-electron chi connectivity index (χ3n) is 2.35. The van der Waals surface area contributed by atoms with Gasteiger partial charge in [0.1, 0.15) is 6.10 Å². The summed E-state index contributed by atoms with van der Waals surface area (Å²) in [6.07, 6.45) is 0.134. The minimum absolute atomic E-state index is 0.134. The normalized spacial score (nSPS) is 23.0. The lowest BCUT2D eigenvalue weighted by Gasteiger charge is -2.24. The maximum absolute atomic E-state index is 5.62. The van der Waals surface area contributed by atoms with Crippen LogP contribution < -0.4 is 0 Å². The van der Waals surface area contributed by atoms with Crippen LogP contribution >= 0.6 is 0 Å². The van der Waals surface area contributed by atoms with Crippen molar-refractivity contribution in [2.75, 3.05) is 19.8 Å². The average Bonchev–Trinajstić information content (AvgIpc) is 2.20. The monoisotopic (exact) mass is 178 g/mol. The lowest BCUT2D eigenvalue weighted by molar-refractivity contribution is -0.0903. The maximum atomic E-state index is 5.62. The Morgan fingerprint density at radius 3 is 2.77 bits per heavy atom. The quantitative estimate of drug-likeness (QED) is 0.655. The Labute approximate surface area is 78.5 Å². The Bertz CT molecular complexity index is 277. The third kappa shape index (κ3) is 1.90. The summed E-state index contributed by atoms with van der Waals surface area (Å²) in [7, 11) is 0. The van der Waals surface area contributed by atoms with Crippen LogP contribution in [0.3, 0.4) is 0 Å². The Morgan fingerprint density at radius 2 is 2.08 bits per heavy atom. The molecule has 2 heteroatoms. The minimum atomic E-state index is 0.134. The molecular weight excluding hydrogens is 164 g/mol. The van der Waals surface area contributed by atoms with Gasteiger partial charge in [0.2, 0.25) is 0 Å². The van der Waals surface area contributed by atoms with E-state index in [-0.39, 0.29) is 6.10 Å². The molecule has 1 aliphatic heterocycles. The number of benzene rings is 1. The van der Waals surface area contributed by atoms with E-state index in [2.05, 4.69) is 19.1 Å². The van der Waals surface area contributed by atoms with E-state index in [9.17, 15) is 0 Å². The summed E-state index contributed by atoms with van der Waals surface area (Å²) in [6.45, 7) is 4.22. The maximum Gasteiger partial charge on any atom is 0.106 e. The van der Waals surface area contributed by atoms with Crippen LogP contribution in [-0.2, 0) is 9.47 Å². The van der Waals surface area contributed by atoms with E-state index in [1.54, 1.807) is 0 Å². The van der Waals surface area contributed by atoms with Crippen molar-refractivity contribution in [1.29, 1.82) is 0 Å². The Balaban J connectivity index is 2.18. The molecule has 1 heterocycles. The molecule has 13 heavy (non-hydrogen) atoms. The number of aryl methyl sites for hydroxylation is 1. The second-order valence-electron chi connectivity index (χ2n) is 3.29. The highest BCUT2D eigenvalue weighted by Crippen LogP contribution is 2.23. The van der Waals surface area contributed by atoms with Crippen LogP contribution in [0.15, 0.2) is 24.3 Å². The van der Waals surface area contributed by atoms with Gasteiger partial charge >= 0.3 is 0 Å². The van der Waals surface area contributed by atoms with E-state index in [1.165, 1.54) is 11.1 Å². The lowest BCUT2D eigenvalue weighted by atomic mass is 10.0. The first kappa shape index (κ1) is 8.73. The first-order valence-corrected chi connectivity index (χ1v) is 4.63. The second kappa shape index (κ2) is 3.90. The molecule has 1 saturated heterocycles. The molecule has 0 spiro atoms. The first-order valence-electron chi connectivity index (χ1n) is 4.63. The van der Waals surface area contributed by atoms with Crippen LogP contribution in [0.4, 0.5) is 0 Å². The summed E-state index contributed by atoms with van der Waals surface area (Å²) in [5, 5.41) is 0. The van der Waals surface area contributed by atoms with Crippen LogP contribution in [-0.4, -0.2) is 19.8 Å². The molecular formula is C11H14O2. The molecule has 70 valence electrons. The van der Waals surface area contributed by atoms with Crippen LogP contribution in [0.25, 0.3) is 0 Å². The van der Waals surface area contributed by atoms with Gasteiger partial charge in [-0.1, -0.05) is 24.3 Å². The van der Waals surface area contributed by atoms with Gasteiger partial charge in [-0.2, -0.15) is 0 Å². The van der Waals surface area contributed by atoms with Crippen molar-refractivity contribution in [2.45, 2.75) is 13.0 Å². The third-order valence-corrected chi connectivity index (χ3v) is 2.35. The fraction of sp³-hybridized carbons (Fsp3) is 0.455. The molecule has 0 saturated carbocycles. The van der Waals surface area contributed by atoms with Crippen molar-refractivity contribution in [3.63, 3.8) is 0 Å². The van der Waals surface area contributed by atoms with Gasteiger partial charge in [-0.05, 0) is 18.1 Å². The zero-order valence-electron chi connectivity index (χ0n) is 7.82. The summed E-state index contributed by atoms with van der Waals surface area (Å²) >= 11 is 0. The average molecular weight is 178 g/mol. The fourth-order valence-electron chi connectivity index (χ4n) is 1.62. The van der Waals surface area contributed by atoms with Crippen molar-refractivity contribution in [3.05, 3.63) is 35.4 Å². The number of hydrogen-bond acceptors (Lipinski definition) is 2.